The van der Waals surface area contributed by atoms with Crippen LogP contribution in [0.25, 0.3) is 0 Å². The minimum atomic E-state index is -3.50. The Balaban J connectivity index is 1.42. The minimum Gasteiger partial charge on any atom is -0.493 e. The summed E-state index contributed by atoms with van der Waals surface area (Å²) in [7, 11) is -1.88. The van der Waals surface area contributed by atoms with Crippen LogP contribution in [0.3, 0.4) is 0 Å². The van der Waals surface area contributed by atoms with Crippen LogP contribution in [0.4, 0.5) is 0 Å². The third kappa shape index (κ3) is 7.74. The van der Waals surface area contributed by atoms with Crippen LogP contribution in [0.2, 0.25) is 10.0 Å². The van der Waals surface area contributed by atoms with Gasteiger partial charge in [-0.1, -0.05) is 35.3 Å². The van der Waals surface area contributed by atoms with Crippen molar-refractivity contribution < 1.29 is 22.7 Å². The van der Waals surface area contributed by atoms with Gasteiger partial charge in [0, 0.05) is 25.6 Å². The number of carbonyl (C=O) groups excluding carboxylic acids is 1. The largest absolute Gasteiger partial charge is 0.493 e. The first-order valence-electron chi connectivity index (χ1n) is 11.7. The number of amides is 1. The molecule has 0 saturated carbocycles. The monoisotopic (exact) mass is 542 g/mol. The van der Waals surface area contributed by atoms with Crippen molar-refractivity contribution in [2.45, 2.75) is 38.4 Å². The summed E-state index contributed by atoms with van der Waals surface area (Å²) in [5, 5.41) is 3.72. The van der Waals surface area contributed by atoms with Crippen LogP contribution >= 0.6 is 23.2 Å². The first-order valence-corrected chi connectivity index (χ1v) is 14.1. The Kier molecular flexibility index (Phi) is 10.1. The zero-order chi connectivity index (χ0) is 25.4. The van der Waals surface area contributed by atoms with Crippen molar-refractivity contribution in [2.24, 2.45) is 5.92 Å². The molecule has 1 saturated heterocycles. The van der Waals surface area contributed by atoms with Crippen molar-refractivity contribution in [3.05, 3.63) is 57.6 Å². The molecule has 10 heteroatoms. The molecule has 1 fully saturated rings. The molecule has 0 radical (unpaired) electrons. The number of sulfonamides is 1. The summed E-state index contributed by atoms with van der Waals surface area (Å²) in [5.74, 6) is 1.08. The Labute approximate surface area is 217 Å². The van der Waals surface area contributed by atoms with Crippen molar-refractivity contribution in [3.63, 3.8) is 0 Å². The standard InChI is InChI=1S/C25H32Cl2N2O5S/c1-3-34-23-9-7-18(16-24(23)33-2)5-4-12-28-25(30)20-10-13-29(14-11-20)35(31,32)17-19-6-8-21(26)22(27)15-19/h6-9,15-16,20H,3-5,10-14,17H2,1-2H3,(H,28,30). The molecule has 0 aromatic heterocycles. The molecule has 0 aliphatic carbocycles. The molecule has 7 nitrogen and oxygen atoms in total. The summed E-state index contributed by atoms with van der Waals surface area (Å²) < 4.78 is 38.0. The lowest BCUT2D eigenvalue weighted by atomic mass is 9.97. The van der Waals surface area contributed by atoms with Crippen LogP contribution in [0, 0.1) is 5.92 Å². The van der Waals surface area contributed by atoms with Crippen LogP contribution in [0.5, 0.6) is 11.5 Å². The number of piperidine rings is 1. The van der Waals surface area contributed by atoms with E-state index in [0.29, 0.717) is 60.4 Å². The van der Waals surface area contributed by atoms with Gasteiger partial charge in [0.2, 0.25) is 15.9 Å². The van der Waals surface area contributed by atoms with E-state index in [1.165, 1.54) is 4.31 Å². The highest BCUT2D eigenvalue weighted by Crippen LogP contribution is 2.29. The smallest absolute Gasteiger partial charge is 0.223 e. The SMILES string of the molecule is CCOc1ccc(CCCNC(=O)C2CCN(S(=O)(=O)Cc3ccc(Cl)c(Cl)c3)CC2)cc1OC. The highest BCUT2D eigenvalue weighted by molar-refractivity contribution is 7.88. The van der Waals surface area contributed by atoms with Gasteiger partial charge in [-0.15, -0.1) is 0 Å². The second-order valence-electron chi connectivity index (χ2n) is 8.49. The minimum absolute atomic E-state index is 0.0178. The van der Waals surface area contributed by atoms with Gasteiger partial charge in [0.25, 0.3) is 0 Å². The number of hydrogen-bond acceptors (Lipinski definition) is 5. The third-order valence-electron chi connectivity index (χ3n) is 6.02. The average Bonchev–Trinajstić information content (AvgIpc) is 2.84. The van der Waals surface area contributed by atoms with Crippen molar-refractivity contribution in [3.8, 4) is 11.5 Å². The molecular weight excluding hydrogens is 511 g/mol. The zero-order valence-electron chi connectivity index (χ0n) is 20.1. The van der Waals surface area contributed by atoms with E-state index in [9.17, 15) is 13.2 Å². The van der Waals surface area contributed by atoms with Gasteiger partial charge in [-0.3, -0.25) is 4.79 Å². The van der Waals surface area contributed by atoms with E-state index < -0.39 is 10.0 Å². The van der Waals surface area contributed by atoms with E-state index in [4.69, 9.17) is 32.7 Å². The number of nitrogens with one attached hydrogen (secondary N) is 1. The Morgan fingerprint density at radius 3 is 2.43 bits per heavy atom. The van der Waals surface area contributed by atoms with Crippen molar-refractivity contribution in [1.29, 1.82) is 0 Å². The maximum absolute atomic E-state index is 12.8. The predicted molar refractivity (Wildman–Crippen MR) is 139 cm³/mol. The lowest BCUT2D eigenvalue weighted by molar-refractivity contribution is -0.126. The van der Waals surface area contributed by atoms with Crippen LogP contribution < -0.4 is 14.8 Å². The van der Waals surface area contributed by atoms with E-state index in [1.807, 2.05) is 25.1 Å². The highest BCUT2D eigenvalue weighted by atomic mass is 35.5. The maximum Gasteiger partial charge on any atom is 0.223 e. The fourth-order valence-electron chi connectivity index (χ4n) is 4.12. The zero-order valence-corrected chi connectivity index (χ0v) is 22.4. The molecule has 1 N–H and O–H groups in total. The molecule has 1 amide bonds. The summed E-state index contributed by atoms with van der Waals surface area (Å²) in [4.78, 5) is 12.6. The van der Waals surface area contributed by atoms with Crippen molar-refractivity contribution in [1.82, 2.24) is 9.62 Å². The van der Waals surface area contributed by atoms with Gasteiger partial charge in [-0.25, -0.2) is 12.7 Å². The average molecular weight is 544 g/mol. The quantitative estimate of drug-likeness (QED) is 0.416. The van der Waals surface area contributed by atoms with Crippen LogP contribution in [0.15, 0.2) is 36.4 Å². The topological polar surface area (TPSA) is 84.9 Å². The summed E-state index contributed by atoms with van der Waals surface area (Å²) in [6.07, 6.45) is 2.60. The number of hydrogen-bond donors (Lipinski definition) is 1. The molecule has 192 valence electrons. The lowest BCUT2D eigenvalue weighted by Crippen LogP contribution is -2.43. The molecule has 0 bridgehead atoms. The normalized spacial score (nSPS) is 15.1. The maximum atomic E-state index is 12.8. The molecule has 1 aliphatic heterocycles. The van der Waals surface area contributed by atoms with Gasteiger partial charge in [0.05, 0.1) is 29.5 Å². The first kappa shape index (κ1) is 27.6. The van der Waals surface area contributed by atoms with Crippen LogP contribution in [-0.2, 0) is 27.0 Å². The van der Waals surface area contributed by atoms with Gasteiger partial charge in [0.15, 0.2) is 11.5 Å². The summed E-state index contributed by atoms with van der Waals surface area (Å²) in [6.45, 7) is 3.71. The molecule has 1 aliphatic rings. The third-order valence-corrected chi connectivity index (χ3v) is 8.61. The number of nitrogens with zero attached hydrogens (tertiary/aromatic N) is 1. The Morgan fingerprint density at radius 2 is 1.77 bits per heavy atom. The van der Waals surface area contributed by atoms with Gasteiger partial charge in [-0.2, -0.15) is 0 Å². The Morgan fingerprint density at radius 1 is 1.06 bits per heavy atom. The van der Waals surface area contributed by atoms with Crippen molar-refractivity contribution in [2.75, 3.05) is 33.4 Å². The molecule has 35 heavy (non-hydrogen) atoms. The number of carbonyl (C=O) groups is 1. The van der Waals surface area contributed by atoms with E-state index in [-0.39, 0.29) is 17.6 Å². The second kappa shape index (κ2) is 12.8. The van der Waals surface area contributed by atoms with E-state index in [0.717, 1.165) is 24.2 Å². The molecule has 0 spiro atoms. The predicted octanol–water partition coefficient (Wildman–Crippen LogP) is 4.69. The molecule has 2 aromatic rings. The van der Waals surface area contributed by atoms with Gasteiger partial charge < -0.3 is 14.8 Å². The van der Waals surface area contributed by atoms with Gasteiger partial charge in [0.1, 0.15) is 0 Å². The number of ether oxygens (including phenoxy) is 2. The number of methoxy groups -OCH3 is 1. The summed E-state index contributed by atoms with van der Waals surface area (Å²) in [6, 6.07) is 10.7. The summed E-state index contributed by atoms with van der Waals surface area (Å²) >= 11 is 11.9. The molecule has 0 unspecified atom stereocenters. The second-order valence-corrected chi connectivity index (χ2v) is 11.3. The molecule has 0 atom stereocenters. The number of halogens is 2. The van der Waals surface area contributed by atoms with Gasteiger partial charge >= 0.3 is 0 Å². The molecular formula is C25H32Cl2N2O5S. The number of rotatable bonds is 11. The van der Waals surface area contributed by atoms with Crippen molar-refractivity contribution >= 4 is 39.1 Å². The van der Waals surface area contributed by atoms with E-state index in [1.54, 1.807) is 25.3 Å². The molecule has 1 heterocycles. The Hall–Kier alpha value is -2.00. The molecule has 3 rings (SSSR count). The fraction of sp³-hybridized carbons (Fsp3) is 0.480. The highest BCUT2D eigenvalue weighted by Gasteiger charge is 2.31. The number of benzene rings is 2. The summed E-state index contributed by atoms with van der Waals surface area (Å²) in [5.41, 5.74) is 1.70. The van der Waals surface area contributed by atoms with Crippen LogP contribution in [-0.4, -0.2) is 52.0 Å². The van der Waals surface area contributed by atoms with E-state index >= 15 is 0 Å². The Bertz CT molecular complexity index is 1120. The first-order chi connectivity index (χ1) is 16.7. The number of aryl methyl sites for hydroxylation is 1. The van der Waals surface area contributed by atoms with E-state index in [2.05, 4.69) is 5.32 Å². The van der Waals surface area contributed by atoms with Crippen LogP contribution in [0.1, 0.15) is 37.3 Å². The fourth-order valence-corrected chi connectivity index (χ4v) is 5.99. The van der Waals surface area contributed by atoms with Gasteiger partial charge in [-0.05, 0) is 68.0 Å². The lowest BCUT2D eigenvalue weighted by Gasteiger charge is -2.30. The molecule has 2 aromatic carbocycles.